The first kappa shape index (κ1) is 21.4. The van der Waals surface area contributed by atoms with Gasteiger partial charge in [-0.25, -0.2) is 5.43 Å². The number of nitrogens with one attached hydrogen (secondary N) is 1. The summed E-state index contributed by atoms with van der Waals surface area (Å²) < 4.78 is 12.1. The van der Waals surface area contributed by atoms with Crippen molar-refractivity contribution in [1.29, 1.82) is 0 Å². The summed E-state index contributed by atoms with van der Waals surface area (Å²) in [5, 5.41) is 13.9. The van der Waals surface area contributed by atoms with Gasteiger partial charge in [0.05, 0.1) is 18.4 Å². The topological polar surface area (TPSA) is 80.2 Å². The third-order valence-corrected chi connectivity index (χ3v) is 4.57. The predicted molar refractivity (Wildman–Crippen MR) is 119 cm³/mol. The molecule has 0 aromatic heterocycles. The van der Waals surface area contributed by atoms with Gasteiger partial charge in [0.25, 0.3) is 5.91 Å². The fourth-order valence-corrected chi connectivity index (χ4v) is 3.13. The van der Waals surface area contributed by atoms with E-state index in [1.54, 1.807) is 36.4 Å². The maximum absolute atomic E-state index is 12.5. The maximum Gasteiger partial charge on any atom is 0.275 e. The molecule has 154 valence electrons. The number of nitrogens with zero attached hydrogens (tertiary/aromatic N) is 1. The summed E-state index contributed by atoms with van der Waals surface area (Å²) in [4.78, 5) is 12.5. The fourth-order valence-electron chi connectivity index (χ4n) is 2.69. The average Bonchev–Trinajstić information content (AvgIpc) is 2.74. The van der Waals surface area contributed by atoms with Crippen LogP contribution in [0.5, 0.6) is 17.2 Å². The minimum absolute atomic E-state index is 0.0124. The summed E-state index contributed by atoms with van der Waals surface area (Å²) >= 11 is 3.43. The molecule has 1 amide bonds. The van der Waals surface area contributed by atoms with Gasteiger partial charge in [-0.1, -0.05) is 40.2 Å². The van der Waals surface area contributed by atoms with Crippen LogP contribution in [0.2, 0.25) is 0 Å². The molecule has 3 aromatic rings. The Hall–Kier alpha value is -3.32. The van der Waals surface area contributed by atoms with Crippen molar-refractivity contribution in [3.63, 3.8) is 0 Å². The van der Waals surface area contributed by atoms with E-state index in [1.165, 1.54) is 12.3 Å². The summed E-state index contributed by atoms with van der Waals surface area (Å²) in [5.74, 6) is 0.476. The number of hydrogen-bond donors (Lipinski definition) is 2. The molecule has 7 heteroatoms. The highest BCUT2D eigenvalue weighted by molar-refractivity contribution is 9.10. The number of hydrazone groups is 1. The lowest BCUT2D eigenvalue weighted by atomic mass is 10.2. The number of halogens is 1. The van der Waals surface area contributed by atoms with Crippen molar-refractivity contribution in [3.8, 4) is 17.2 Å². The molecule has 3 rings (SSSR count). The van der Waals surface area contributed by atoms with Gasteiger partial charge in [0.2, 0.25) is 0 Å². The first-order valence-corrected chi connectivity index (χ1v) is 10.1. The van der Waals surface area contributed by atoms with Crippen molar-refractivity contribution in [1.82, 2.24) is 5.43 Å². The van der Waals surface area contributed by atoms with Gasteiger partial charge in [0, 0.05) is 4.47 Å². The predicted octanol–water partition coefficient (Wildman–Crippen LogP) is 4.90. The lowest BCUT2D eigenvalue weighted by Gasteiger charge is -2.10. The van der Waals surface area contributed by atoms with E-state index in [4.69, 9.17) is 9.47 Å². The van der Waals surface area contributed by atoms with E-state index < -0.39 is 5.91 Å². The molecule has 0 saturated carbocycles. The molecule has 0 saturated heterocycles. The van der Waals surface area contributed by atoms with E-state index in [-0.39, 0.29) is 5.75 Å². The quantitative estimate of drug-likeness (QED) is 0.364. The van der Waals surface area contributed by atoms with Crippen molar-refractivity contribution in [2.75, 3.05) is 6.61 Å². The highest BCUT2D eigenvalue weighted by Gasteiger charge is 2.11. The van der Waals surface area contributed by atoms with E-state index in [2.05, 4.69) is 26.5 Å². The van der Waals surface area contributed by atoms with Gasteiger partial charge in [-0.3, -0.25) is 4.79 Å². The Labute approximate surface area is 183 Å². The Bertz CT molecular complexity index is 1050. The van der Waals surface area contributed by atoms with Gasteiger partial charge < -0.3 is 14.6 Å². The average molecular weight is 469 g/mol. The van der Waals surface area contributed by atoms with E-state index in [1.807, 2.05) is 31.2 Å². The molecule has 0 spiro atoms. The molecule has 30 heavy (non-hydrogen) atoms. The summed E-state index contributed by atoms with van der Waals surface area (Å²) in [6.45, 7) is 2.63. The van der Waals surface area contributed by atoms with Crippen LogP contribution in [0.1, 0.15) is 28.4 Å². The first-order valence-electron chi connectivity index (χ1n) is 9.32. The van der Waals surface area contributed by atoms with Gasteiger partial charge in [-0.2, -0.15) is 5.10 Å². The molecule has 0 atom stereocenters. The number of amides is 1. The van der Waals surface area contributed by atoms with Crippen molar-refractivity contribution in [2.24, 2.45) is 5.10 Å². The molecule has 0 aliphatic heterocycles. The largest absolute Gasteiger partial charge is 0.504 e. The molecule has 3 aromatic carbocycles. The molecule has 0 aliphatic rings. The SMILES string of the molecule is CCOc1ccc(/C=N/NC(=O)c2ccccc2OCc2cccc(Br)c2)cc1O. The van der Waals surface area contributed by atoms with E-state index >= 15 is 0 Å². The second-order valence-electron chi connectivity index (χ2n) is 6.27. The number of aromatic hydroxyl groups is 1. The highest BCUT2D eigenvalue weighted by atomic mass is 79.9. The summed E-state index contributed by atoms with van der Waals surface area (Å²) in [7, 11) is 0. The van der Waals surface area contributed by atoms with Crippen LogP contribution in [-0.4, -0.2) is 23.8 Å². The third-order valence-electron chi connectivity index (χ3n) is 4.08. The van der Waals surface area contributed by atoms with E-state index in [0.717, 1.165) is 10.0 Å². The number of phenols is 1. The Kier molecular flexibility index (Phi) is 7.45. The normalized spacial score (nSPS) is 10.7. The number of ether oxygens (including phenoxy) is 2. The summed E-state index contributed by atoms with van der Waals surface area (Å²) in [6.07, 6.45) is 1.44. The molecule has 0 unspecified atom stereocenters. The van der Waals surface area contributed by atoms with Gasteiger partial charge in [-0.15, -0.1) is 0 Å². The first-order chi connectivity index (χ1) is 14.6. The fraction of sp³-hybridized carbons (Fsp3) is 0.130. The minimum Gasteiger partial charge on any atom is -0.504 e. The lowest BCUT2D eigenvalue weighted by molar-refractivity contribution is 0.0950. The van der Waals surface area contributed by atoms with Gasteiger partial charge in [0.15, 0.2) is 11.5 Å². The molecular formula is C23H21BrN2O4. The van der Waals surface area contributed by atoms with Crippen LogP contribution in [0.15, 0.2) is 76.3 Å². The molecule has 0 heterocycles. The second-order valence-corrected chi connectivity index (χ2v) is 7.19. The number of carbonyl (C=O) groups is 1. The molecular weight excluding hydrogens is 448 g/mol. The minimum atomic E-state index is -0.397. The summed E-state index contributed by atoms with van der Waals surface area (Å²) in [6, 6.07) is 19.6. The number of rotatable bonds is 8. The van der Waals surface area contributed by atoms with Crippen LogP contribution in [0.3, 0.4) is 0 Å². The van der Waals surface area contributed by atoms with E-state index in [9.17, 15) is 9.90 Å². The number of hydrogen-bond acceptors (Lipinski definition) is 5. The van der Waals surface area contributed by atoms with Crippen LogP contribution in [0, 0.1) is 0 Å². The standard InChI is InChI=1S/C23H21BrN2O4/c1-2-29-22-11-10-16(13-20(22)27)14-25-26-23(28)19-8-3-4-9-21(19)30-15-17-6-5-7-18(24)12-17/h3-14,27H,2,15H2,1H3,(H,26,28)/b25-14+. The highest BCUT2D eigenvalue weighted by Crippen LogP contribution is 2.26. The smallest absolute Gasteiger partial charge is 0.275 e. The van der Waals surface area contributed by atoms with Gasteiger partial charge >= 0.3 is 0 Å². The molecule has 0 bridgehead atoms. The Balaban J connectivity index is 1.64. The Morgan fingerprint density at radius 1 is 1.07 bits per heavy atom. The number of benzene rings is 3. The molecule has 6 nitrogen and oxygen atoms in total. The maximum atomic E-state index is 12.5. The Morgan fingerprint density at radius 3 is 2.67 bits per heavy atom. The molecule has 2 N–H and O–H groups in total. The van der Waals surface area contributed by atoms with E-state index in [0.29, 0.717) is 35.8 Å². The lowest BCUT2D eigenvalue weighted by Crippen LogP contribution is -2.18. The number of para-hydroxylation sites is 1. The monoisotopic (exact) mass is 468 g/mol. The van der Waals surface area contributed by atoms with Gasteiger partial charge in [0.1, 0.15) is 12.4 Å². The van der Waals surface area contributed by atoms with Crippen LogP contribution in [0.4, 0.5) is 0 Å². The number of phenolic OH excluding ortho intramolecular Hbond substituents is 1. The van der Waals surface area contributed by atoms with Crippen molar-refractivity contribution in [3.05, 3.63) is 87.9 Å². The third kappa shape index (κ3) is 5.84. The zero-order valence-electron chi connectivity index (χ0n) is 16.3. The van der Waals surface area contributed by atoms with Crippen molar-refractivity contribution in [2.45, 2.75) is 13.5 Å². The van der Waals surface area contributed by atoms with Crippen molar-refractivity contribution >= 4 is 28.1 Å². The van der Waals surface area contributed by atoms with Crippen molar-refractivity contribution < 1.29 is 19.4 Å². The van der Waals surface area contributed by atoms with Crippen LogP contribution in [0.25, 0.3) is 0 Å². The summed E-state index contributed by atoms with van der Waals surface area (Å²) in [5.41, 5.74) is 4.46. The van der Waals surface area contributed by atoms with Crippen LogP contribution in [-0.2, 0) is 6.61 Å². The molecule has 0 aliphatic carbocycles. The Morgan fingerprint density at radius 2 is 1.90 bits per heavy atom. The number of carbonyl (C=O) groups excluding carboxylic acids is 1. The zero-order valence-corrected chi connectivity index (χ0v) is 17.9. The second kappa shape index (κ2) is 10.5. The van der Waals surface area contributed by atoms with Crippen LogP contribution < -0.4 is 14.9 Å². The van der Waals surface area contributed by atoms with Crippen LogP contribution >= 0.6 is 15.9 Å². The zero-order chi connectivity index (χ0) is 21.3. The van der Waals surface area contributed by atoms with Gasteiger partial charge in [-0.05, 0) is 60.5 Å². The molecule has 0 fully saturated rings. The molecule has 0 radical (unpaired) electrons.